The van der Waals surface area contributed by atoms with Crippen molar-refractivity contribution >= 4 is 17.4 Å². The van der Waals surface area contributed by atoms with E-state index in [0.29, 0.717) is 17.9 Å². The average Bonchev–Trinajstić information content (AvgIpc) is 2.62. The number of fused-ring (bicyclic) bond motifs is 1. The standard InChI is InChI=1S/C22H21N3O/c1-14-8-10-16(11-9-14)17-12-19-21(20(26)13-17)15(2)23-22(25-19)24-18-6-4-3-5-7-18/h3-11,17H,12-13H2,1-2H3,(H,23,24,25)/t17-/m0/s1. The zero-order valence-electron chi connectivity index (χ0n) is 15.0. The van der Waals surface area contributed by atoms with E-state index in [-0.39, 0.29) is 11.7 Å². The molecule has 3 aromatic rings. The molecule has 0 fully saturated rings. The molecule has 1 aromatic heterocycles. The Bertz CT molecular complexity index is 949. The van der Waals surface area contributed by atoms with E-state index in [2.05, 4.69) is 46.5 Å². The summed E-state index contributed by atoms with van der Waals surface area (Å²) in [6.07, 6.45) is 1.28. The van der Waals surface area contributed by atoms with Gasteiger partial charge in [-0.1, -0.05) is 48.0 Å². The van der Waals surface area contributed by atoms with Gasteiger partial charge in [0.05, 0.1) is 17.0 Å². The van der Waals surface area contributed by atoms with Crippen LogP contribution in [0, 0.1) is 13.8 Å². The van der Waals surface area contributed by atoms with Crippen LogP contribution in [0.15, 0.2) is 54.6 Å². The van der Waals surface area contributed by atoms with Crippen LogP contribution in [0.1, 0.15) is 45.2 Å². The summed E-state index contributed by atoms with van der Waals surface area (Å²) in [5, 5.41) is 3.24. The lowest BCUT2D eigenvalue weighted by Gasteiger charge is -2.24. The first-order valence-electron chi connectivity index (χ1n) is 8.89. The number of para-hydroxylation sites is 1. The van der Waals surface area contributed by atoms with Crippen molar-refractivity contribution in [2.45, 2.75) is 32.6 Å². The van der Waals surface area contributed by atoms with Gasteiger partial charge < -0.3 is 5.32 Å². The minimum absolute atomic E-state index is 0.139. The van der Waals surface area contributed by atoms with E-state index in [1.165, 1.54) is 11.1 Å². The molecule has 0 saturated heterocycles. The Kier molecular flexibility index (Phi) is 4.25. The molecule has 4 nitrogen and oxygen atoms in total. The number of carbonyl (C=O) groups is 1. The maximum absolute atomic E-state index is 12.7. The summed E-state index contributed by atoms with van der Waals surface area (Å²) in [5.74, 6) is 0.861. The maximum atomic E-state index is 12.7. The third-order valence-corrected chi connectivity index (χ3v) is 4.89. The summed E-state index contributed by atoms with van der Waals surface area (Å²) in [5.41, 5.74) is 5.65. The molecule has 2 aromatic carbocycles. The van der Waals surface area contributed by atoms with Crippen molar-refractivity contribution in [2.24, 2.45) is 0 Å². The van der Waals surface area contributed by atoms with Gasteiger partial charge in [-0.15, -0.1) is 0 Å². The fraction of sp³-hybridized carbons (Fsp3) is 0.227. The number of carbonyl (C=O) groups excluding carboxylic acids is 1. The minimum atomic E-state index is 0.139. The average molecular weight is 343 g/mol. The summed E-state index contributed by atoms with van der Waals surface area (Å²) >= 11 is 0. The Morgan fingerprint density at radius 1 is 0.923 bits per heavy atom. The molecule has 1 aliphatic rings. The second-order valence-corrected chi connectivity index (χ2v) is 6.88. The van der Waals surface area contributed by atoms with Gasteiger partial charge >= 0.3 is 0 Å². The first-order chi connectivity index (χ1) is 12.6. The van der Waals surface area contributed by atoms with Crippen LogP contribution >= 0.6 is 0 Å². The van der Waals surface area contributed by atoms with E-state index in [0.717, 1.165) is 23.5 Å². The lowest BCUT2D eigenvalue weighted by molar-refractivity contribution is 0.0962. The van der Waals surface area contributed by atoms with Crippen LogP contribution in [-0.4, -0.2) is 15.8 Å². The van der Waals surface area contributed by atoms with Gasteiger partial charge in [-0.2, -0.15) is 0 Å². The summed E-state index contributed by atoms with van der Waals surface area (Å²) in [4.78, 5) is 21.9. The van der Waals surface area contributed by atoms with Crippen molar-refractivity contribution < 1.29 is 4.79 Å². The molecule has 0 spiro atoms. The molecule has 1 N–H and O–H groups in total. The van der Waals surface area contributed by atoms with Gasteiger partial charge in [0.2, 0.25) is 5.95 Å². The lowest BCUT2D eigenvalue weighted by atomic mass is 9.81. The lowest BCUT2D eigenvalue weighted by Crippen LogP contribution is -2.22. The molecule has 130 valence electrons. The molecule has 0 radical (unpaired) electrons. The smallest absolute Gasteiger partial charge is 0.227 e. The molecule has 26 heavy (non-hydrogen) atoms. The Morgan fingerprint density at radius 2 is 1.65 bits per heavy atom. The van der Waals surface area contributed by atoms with Gasteiger partial charge in [0.25, 0.3) is 0 Å². The number of hydrogen-bond donors (Lipinski definition) is 1. The molecule has 0 saturated carbocycles. The van der Waals surface area contributed by atoms with Crippen molar-refractivity contribution in [3.8, 4) is 0 Å². The third kappa shape index (κ3) is 3.23. The van der Waals surface area contributed by atoms with E-state index in [9.17, 15) is 4.79 Å². The number of hydrogen-bond acceptors (Lipinski definition) is 4. The maximum Gasteiger partial charge on any atom is 0.227 e. The highest BCUT2D eigenvalue weighted by Crippen LogP contribution is 2.33. The normalized spacial score (nSPS) is 16.2. The Hall–Kier alpha value is -3.01. The highest BCUT2D eigenvalue weighted by molar-refractivity contribution is 5.99. The number of anilines is 2. The molecule has 4 rings (SSSR count). The first kappa shape index (κ1) is 16.5. The Morgan fingerprint density at radius 3 is 2.38 bits per heavy atom. The van der Waals surface area contributed by atoms with Crippen LogP contribution in [0.5, 0.6) is 0 Å². The number of nitrogens with zero attached hydrogens (tertiary/aromatic N) is 2. The number of benzene rings is 2. The van der Waals surface area contributed by atoms with Crippen molar-refractivity contribution in [1.82, 2.24) is 9.97 Å². The Labute approximate surface area is 153 Å². The van der Waals surface area contributed by atoms with Crippen LogP contribution in [0.3, 0.4) is 0 Å². The second-order valence-electron chi connectivity index (χ2n) is 6.88. The van der Waals surface area contributed by atoms with Crippen molar-refractivity contribution in [1.29, 1.82) is 0 Å². The SMILES string of the molecule is Cc1ccc([C@@H]2CC(=O)c3c(C)nc(Nc4ccccc4)nc3C2)cc1. The van der Waals surface area contributed by atoms with Crippen molar-refractivity contribution in [3.63, 3.8) is 0 Å². The highest BCUT2D eigenvalue weighted by Gasteiger charge is 2.29. The zero-order valence-corrected chi connectivity index (χ0v) is 15.0. The zero-order chi connectivity index (χ0) is 18.1. The summed E-state index contributed by atoms with van der Waals surface area (Å²) in [7, 11) is 0. The van der Waals surface area contributed by atoms with Gasteiger partial charge in [-0.3, -0.25) is 4.79 Å². The predicted octanol–water partition coefficient (Wildman–Crippen LogP) is 4.75. The van der Waals surface area contributed by atoms with E-state index >= 15 is 0 Å². The van der Waals surface area contributed by atoms with Crippen LogP contribution < -0.4 is 5.32 Å². The van der Waals surface area contributed by atoms with Crippen LogP contribution in [-0.2, 0) is 6.42 Å². The monoisotopic (exact) mass is 343 g/mol. The quantitative estimate of drug-likeness (QED) is 0.745. The molecule has 0 bridgehead atoms. The number of aryl methyl sites for hydroxylation is 2. The van der Waals surface area contributed by atoms with Crippen LogP contribution in [0.4, 0.5) is 11.6 Å². The van der Waals surface area contributed by atoms with E-state index in [4.69, 9.17) is 0 Å². The predicted molar refractivity (Wildman–Crippen MR) is 103 cm³/mol. The van der Waals surface area contributed by atoms with Gasteiger partial charge in [0.15, 0.2) is 5.78 Å². The molecular weight excluding hydrogens is 322 g/mol. The number of Topliss-reactive ketones (excluding diaryl/α,β-unsaturated/α-hetero) is 1. The second kappa shape index (κ2) is 6.71. The number of ketones is 1. The molecule has 4 heteroatoms. The fourth-order valence-corrected chi connectivity index (χ4v) is 3.55. The molecular formula is C22H21N3O. The van der Waals surface area contributed by atoms with Gasteiger partial charge in [-0.05, 0) is 43.9 Å². The van der Waals surface area contributed by atoms with Gasteiger partial charge in [0, 0.05) is 12.1 Å². The van der Waals surface area contributed by atoms with Gasteiger partial charge in [-0.25, -0.2) is 9.97 Å². The minimum Gasteiger partial charge on any atom is -0.324 e. The highest BCUT2D eigenvalue weighted by atomic mass is 16.1. The Balaban J connectivity index is 1.67. The molecule has 1 atom stereocenters. The van der Waals surface area contributed by atoms with Crippen molar-refractivity contribution in [2.75, 3.05) is 5.32 Å². The summed E-state index contributed by atoms with van der Waals surface area (Å²) in [6.45, 7) is 3.96. The molecule has 0 amide bonds. The largest absolute Gasteiger partial charge is 0.324 e. The summed E-state index contributed by atoms with van der Waals surface area (Å²) in [6, 6.07) is 18.3. The number of aromatic nitrogens is 2. The molecule has 0 unspecified atom stereocenters. The topological polar surface area (TPSA) is 54.9 Å². The number of nitrogens with one attached hydrogen (secondary N) is 1. The number of rotatable bonds is 3. The van der Waals surface area contributed by atoms with E-state index < -0.39 is 0 Å². The molecule has 1 aliphatic carbocycles. The molecule has 1 heterocycles. The van der Waals surface area contributed by atoms with E-state index in [1.807, 2.05) is 37.3 Å². The van der Waals surface area contributed by atoms with Gasteiger partial charge in [0.1, 0.15) is 0 Å². The van der Waals surface area contributed by atoms with Crippen LogP contribution in [0.2, 0.25) is 0 Å². The fourth-order valence-electron chi connectivity index (χ4n) is 3.55. The summed E-state index contributed by atoms with van der Waals surface area (Å²) < 4.78 is 0. The van der Waals surface area contributed by atoms with Crippen LogP contribution in [0.25, 0.3) is 0 Å². The third-order valence-electron chi connectivity index (χ3n) is 4.89. The van der Waals surface area contributed by atoms with E-state index in [1.54, 1.807) is 0 Å². The first-order valence-corrected chi connectivity index (χ1v) is 8.89. The molecule has 0 aliphatic heterocycles. The van der Waals surface area contributed by atoms with Crippen molar-refractivity contribution in [3.05, 3.63) is 82.7 Å².